The van der Waals surface area contributed by atoms with Gasteiger partial charge in [0.15, 0.2) is 0 Å². The molecule has 0 bridgehead atoms. The molecule has 0 saturated carbocycles. The molecule has 0 spiro atoms. The lowest BCUT2D eigenvalue weighted by atomic mass is 10.1. The molecule has 0 saturated heterocycles. The third kappa shape index (κ3) is 2.93. The van der Waals surface area contributed by atoms with Crippen LogP contribution in [0.2, 0.25) is 0 Å². The van der Waals surface area contributed by atoms with Gasteiger partial charge in [-0.25, -0.2) is 4.39 Å². The second-order valence-corrected chi connectivity index (χ2v) is 5.19. The van der Waals surface area contributed by atoms with Crippen molar-refractivity contribution in [2.24, 2.45) is 0 Å². The zero-order valence-corrected chi connectivity index (χ0v) is 12.2. The van der Waals surface area contributed by atoms with E-state index in [1.54, 1.807) is 6.07 Å². The molecule has 2 nitrogen and oxygen atoms in total. The topological polar surface area (TPSA) is 38.0 Å². The summed E-state index contributed by atoms with van der Waals surface area (Å²) in [4.78, 5) is 0. The van der Waals surface area contributed by atoms with Crippen LogP contribution in [0, 0.1) is 9.39 Å². The van der Waals surface area contributed by atoms with E-state index in [1.165, 1.54) is 11.6 Å². The quantitative estimate of drug-likeness (QED) is 0.635. The van der Waals surface area contributed by atoms with E-state index >= 15 is 0 Å². The molecular weight excluding hydrogens is 342 g/mol. The van der Waals surface area contributed by atoms with E-state index in [1.807, 2.05) is 46.9 Å². The molecule has 2 aromatic carbocycles. The minimum atomic E-state index is -0.266. The van der Waals surface area contributed by atoms with E-state index in [0.29, 0.717) is 14.9 Å². The fraction of sp³-hybridized carbons (Fsp3) is 0.143. The van der Waals surface area contributed by atoms with Crippen LogP contribution in [0.15, 0.2) is 36.4 Å². The monoisotopic (exact) mass is 356 g/mol. The van der Waals surface area contributed by atoms with Gasteiger partial charge in [-0.2, -0.15) is 0 Å². The first-order chi connectivity index (χ1) is 8.60. The minimum Gasteiger partial charge on any atom is -0.397 e. The predicted molar refractivity (Wildman–Crippen MR) is 82.6 cm³/mol. The zero-order chi connectivity index (χ0) is 13.1. The molecule has 94 valence electrons. The normalized spacial score (nSPS) is 10.4. The van der Waals surface area contributed by atoms with Gasteiger partial charge in [0.2, 0.25) is 0 Å². The van der Waals surface area contributed by atoms with Gasteiger partial charge in [-0.05, 0) is 52.8 Å². The number of nitrogen functional groups attached to an aromatic ring is 1. The number of aryl methyl sites for hydroxylation is 1. The molecule has 18 heavy (non-hydrogen) atoms. The number of benzene rings is 2. The Balaban J connectivity index is 2.25. The first-order valence-electron chi connectivity index (χ1n) is 5.70. The third-order valence-corrected chi connectivity index (χ3v) is 3.56. The van der Waals surface area contributed by atoms with Crippen molar-refractivity contribution in [3.05, 3.63) is 51.3 Å². The van der Waals surface area contributed by atoms with Crippen molar-refractivity contribution in [3.8, 4) is 0 Å². The largest absolute Gasteiger partial charge is 0.397 e. The number of hydrogen-bond donors (Lipinski definition) is 2. The van der Waals surface area contributed by atoms with Crippen LogP contribution in [0.25, 0.3) is 0 Å². The van der Waals surface area contributed by atoms with Gasteiger partial charge in [0.25, 0.3) is 0 Å². The summed E-state index contributed by atoms with van der Waals surface area (Å²) in [6.07, 6.45) is 1.00. The van der Waals surface area contributed by atoms with Crippen LogP contribution in [-0.4, -0.2) is 0 Å². The number of halogens is 2. The Kier molecular flexibility index (Phi) is 4.06. The summed E-state index contributed by atoms with van der Waals surface area (Å²) >= 11 is 1.92. The van der Waals surface area contributed by atoms with E-state index in [4.69, 9.17) is 5.73 Å². The van der Waals surface area contributed by atoms with Crippen LogP contribution in [0.4, 0.5) is 21.5 Å². The van der Waals surface area contributed by atoms with Crippen LogP contribution in [0.5, 0.6) is 0 Å². The Morgan fingerprint density at radius 3 is 2.50 bits per heavy atom. The summed E-state index contributed by atoms with van der Waals surface area (Å²) in [7, 11) is 0. The Morgan fingerprint density at radius 2 is 1.89 bits per heavy atom. The molecule has 0 heterocycles. The predicted octanol–water partition coefficient (Wildman–Crippen LogP) is 4.32. The molecule has 0 aliphatic carbocycles. The maximum absolute atomic E-state index is 13.5. The Bertz CT molecular complexity index is 552. The van der Waals surface area contributed by atoms with Gasteiger partial charge in [0.05, 0.1) is 14.9 Å². The molecule has 0 aliphatic rings. The average molecular weight is 356 g/mol. The van der Waals surface area contributed by atoms with Gasteiger partial charge in [-0.3, -0.25) is 0 Å². The molecule has 4 heteroatoms. The SMILES string of the molecule is CCc1ccc(Nc2cc(F)c(I)cc2N)cc1. The zero-order valence-electron chi connectivity index (χ0n) is 10.0. The highest BCUT2D eigenvalue weighted by Crippen LogP contribution is 2.27. The number of anilines is 3. The molecule has 0 atom stereocenters. The van der Waals surface area contributed by atoms with Crippen molar-refractivity contribution in [2.45, 2.75) is 13.3 Å². The lowest BCUT2D eigenvalue weighted by Gasteiger charge is -2.10. The van der Waals surface area contributed by atoms with E-state index in [9.17, 15) is 4.39 Å². The molecule has 0 unspecified atom stereocenters. The summed E-state index contributed by atoms with van der Waals surface area (Å²) in [5.41, 5.74) is 9.17. The maximum atomic E-state index is 13.5. The van der Waals surface area contributed by atoms with Crippen molar-refractivity contribution in [3.63, 3.8) is 0 Å². The van der Waals surface area contributed by atoms with Gasteiger partial charge in [0, 0.05) is 11.8 Å². The molecule has 0 aliphatic heterocycles. The Labute approximate surface area is 120 Å². The molecule has 0 radical (unpaired) electrons. The van der Waals surface area contributed by atoms with Crippen LogP contribution in [-0.2, 0) is 6.42 Å². The smallest absolute Gasteiger partial charge is 0.138 e. The molecule has 2 aromatic rings. The molecule has 0 amide bonds. The lowest BCUT2D eigenvalue weighted by molar-refractivity contribution is 0.621. The summed E-state index contributed by atoms with van der Waals surface area (Å²) < 4.78 is 14.0. The van der Waals surface area contributed by atoms with Crippen molar-refractivity contribution < 1.29 is 4.39 Å². The van der Waals surface area contributed by atoms with E-state index in [2.05, 4.69) is 12.2 Å². The fourth-order valence-corrected chi connectivity index (χ4v) is 2.14. The van der Waals surface area contributed by atoms with Gasteiger partial charge >= 0.3 is 0 Å². The van der Waals surface area contributed by atoms with Crippen molar-refractivity contribution in [2.75, 3.05) is 11.1 Å². The summed E-state index contributed by atoms with van der Waals surface area (Å²) in [5, 5.41) is 3.12. The Morgan fingerprint density at radius 1 is 1.22 bits per heavy atom. The highest BCUT2D eigenvalue weighted by Gasteiger charge is 2.06. The van der Waals surface area contributed by atoms with Gasteiger partial charge in [-0.1, -0.05) is 19.1 Å². The second-order valence-electron chi connectivity index (χ2n) is 4.03. The standard InChI is InChI=1S/C14H14FIN2/c1-2-9-3-5-10(6-4-9)18-14-7-11(15)12(16)8-13(14)17/h3-8,18H,2,17H2,1H3. The van der Waals surface area contributed by atoms with E-state index in [-0.39, 0.29) is 5.82 Å². The summed E-state index contributed by atoms with van der Waals surface area (Å²) in [6, 6.07) is 11.1. The molecule has 2 rings (SSSR count). The number of rotatable bonds is 3. The average Bonchev–Trinajstić information content (AvgIpc) is 2.37. The summed E-state index contributed by atoms with van der Waals surface area (Å²) in [6.45, 7) is 2.11. The minimum absolute atomic E-state index is 0.266. The maximum Gasteiger partial charge on any atom is 0.138 e. The molecule has 3 N–H and O–H groups in total. The molecule has 0 aromatic heterocycles. The van der Waals surface area contributed by atoms with E-state index < -0.39 is 0 Å². The first kappa shape index (κ1) is 13.1. The second kappa shape index (κ2) is 5.56. The molecular formula is C14H14FIN2. The van der Waals surface area contributed by atoms with Crippen LogP contribution >= 0.6 is 22.6 Å². The number of nitrogens with two attached hydrogens (primary N) is 1. The van der Waals surface area contributed by atoms with E-state index in [0.717, 1.165) is 12.1 Å². The van der Waals surface area contributed by atoms with Crippen LogP contribution in [0.3, 0.4) is 0 Å². The van der Waals surface area contributed by atoms with Crippen LogP contribution < -0.4 is 11.1 Å². The number of nitrogens with one attached hydrogen (secondary N) is 1. The lowest BCUT2D eigenvalue weighted by Crippen LogP contribution is -1.98. The highest BCUT2D eigenvalue weighted by molar-refractivity contribution is 14.1. The first-order valence-corrected chi connectivity index (χ1v) is 6.78. The van der Waals surface area contributed by atoms with Gasteiger partial charge < -0.3 is 11.1 Å². The van der Waals surface area contributed by atoms with Crippen molar-refractivity contribution in [1.29, 1.82) is 0 Å². The molecule has 0 fully saturated rings. The Hall–Kier alpha value is -1.30. The number of hydrogen-bond acceptors (Lipinski definition) is 2. The van der Waals surface area contributed by atoms with Gasteiger partial charge in [0.1, 0.15) is 5.82 Å². The van der Waals surface area contributed by atoms with Crippen molar-refractivity contribution in [1.82, 2.24) is 0 Å². The van der Waals surface area contributed by atoms with Gasteiger partial charge in [-0.15, -0.1) is 0 Å². The summed E-state index contributed by atoms with van der Waals surface area (Å²) in [5.74, 6) is -0.266. The fourth-order valence-electron chi connectivity index (χ4n) is 1.65. The van der Waals surface area contributed by atoms with Crippen molar-refractivity contribution >= 4 is 39.7 Å². The van der Waals surface area contributed by atoms with Crippen LogP contribution in [0.1, 0.15) is 12.5 Å². The highest BCUT2D eigenvalue weighted by atomic mass is 127. The third-order valence-electron chi connectivity index (χ3n) is 2.73.